The van der Waals surface area contributed by atoms with Gasteiger partial charge in [-0.3, -0.25) is 0 Å². The molecule has 2 unspecified atom stereocenters. The van der Waals surface area contributed by atoms with Gasteiger partial charge in [-0.05, 0) is 49.8 Å². The summed E-state index contributed by atoms with van der Waals surface area (Å²) < 4.78 is 14.4. The van der Waals surface area contributed by atoms with E-state index in [1.165, 1.54) is 6.42 Å². The second-order valence-corrected chi connectivity index (χ2v) is 5.83. The van der Waals surface area contributed by atoms with Gasteiger partial charge < -0.3 is 5.73 Å². The Morgan fingerprint density at radius 2 is 2.06 bits per heavy atom. The first-order chi connectivity index (χ1) is 8.49. The number of hydrogen-bond acceptors (Lipinski definition) is 1. The Bertz CT molecular complexity index is 418. The van der Waals surface area contributed by atoms with Crippen molar-refractivity contribution in [3.05, 3.63) is 34.6 Å². The van der Waals surface area contributed by atoms with Gasteiger partial charge >= 0.3 is 0 Å². The Kier molecular flexibility index (Phi) is 3.76. The average molecular weight is 249 g/mol. The molecule has 1 aliphatic rings. The second kappa shape index (κ2) is 5.00. The highest BCUT2D eigenvalue weighted by Crippen LogP contribution is 2.43. The number of rotatable bonds is 2. The van der Waals surface area contributed by atoms with Crippen molar-refractivity contribution in [2.75, 3.05) is 0 Å². The van der Waals surface area contributed by atoms with Crippen LogP contribution < -0.4 is 5.73 Å². The van der Waals surface area contributed by atoms with E-state index in [2.05, 4.69) is 6.92 Å². The molecule has 0 spiro atoms. The van der Waals surface area contributed by atoms with E-state index in [1.807, 2.05) is 19.9 Å². The lowest BCUT2D eigenvalue weighted by Gasteiger charge is -2.42. The lowest BCUT2D eigenvalue weighted by molar-refractivity contribution is 0.178. The molecular formula is C16H24FN. The van der Waals surface area contributed by atoms with E-state index >= 15 is 0 Å². The summed E-state index contributed by atoms with van der Waals surface area (Å²) in [5.74, 6) is 0.289. The summed E-state index contributed by atoms with van der Waals surface area (Å²) in [5, 5.41) is 0. The smallest absolute Gasteiger partial charge is 0.128 e. The lowest BCUT2D eigenvalue weighted by Crippen LogP contribution is -2.47. The Balaban J connectivity index is 2.51. The van der Waals surface area contributed by atoms with Crippen LogP contribution in [0.25, 0.3) is 0 Å². The molecule has 1 aromatic rings. The Morgan fingerprint density at radius 1 is 1.33 bits per heavy atom. The Hall–Kier alpha value is -0.890. The summed E-state index contributed by atoms with van der Waals surface area (Å²) >= 11 is 0. The molecule has 100 valence electrons. The van der Waals surface area contributed by atoms with Crippen molar-refractivity contribution in [3.8, 4) is 0 Å². The van der Waals surface area contributed by atoms with Crippen LogP contribution >= 0.6 is 0 Å². The fourth-order valence-electron chi connectivity index (χ4n) is 3.67. The fraction of sp³-hybridized carbons (Fsp3) is 0.625. The molecule has 0 radical (unpaired) electrons. The SMILES string of the molecule is CCC1CCCCC1(N)c1c(C)cc(C)cc1F. The number of benzene rings is 1. The van der Waals surface area contributed by atoms with Crippen molar-refractivity contribution >= 4 is 0 Å². The molecule has 2 rings (SSSR count). The molecule has 1 saturated carbocycles. The van der Waals surface area contributed by atoms with E-state index in [-0.39, 0.29) is 5.82 Å². The second-order valence-electron chi connectivity index (χ2n) is 5.83. The van der Waals surface area contributed by atoms with Crippen LogP contribution in [0, 0.1) is 25.6 Å². The molecular weight excluding hydrogens is 225 g/mol. The monoisotopic (exact) mass is 249 g/mol. The third-order valence-corrected chi connectivity index (χ3v) is 4.51. The molecule has 2 atom stereocenters. The van der Waals surface area contributed by atoms with Gasteiger partial charge in [-0.25, -0.2) is 4.39 Å². The van der Waals surface area contributed by atoms with Gasteiger partial charge in [0.25, 0.3) is 0 Å². The minimum atomic E-state index is -0.463. The van der Waals surface area contributed by atoms with Crippen molar-refractivity contribution in [2.45, 2.75) is 58.4 Å². The van der Waals surface area contributed by atoms with Crippen LogP contribution in [0.2, 0.25) is 0 Å². The van der Waals surface area contributed by atoms with E-state index in [4.69, 9.17) is 5.73 Å². The minimum absolute atomic E-state index is 0.115. The van der Waals surface area contributed by atoms with Gasteiger partial charge in [-0.1, -0.05) is 32.3 Å². The zero-order chi connectivity index (χ0) is 13.3. The fourth-order valence-corrected chi connectivity index (χ4v) is 3.67. The maximum Gasteiger partial charge on any atom is 0.128 e. The van der Waals surface area contributed by atoms with Crippen molar-refractivity contribution < 1.29 is 4.39 Å². The highest BCUT2D eigenvalue weighted by molar-refractivity contribution is 5.38. The van der Waals surface area contributed by atoms with Crippen molar-refractivity contribution in [3.63, 3.8) is 0 Å². The molecule has 0 amide bonds. The Labute approximate surface area is 110 Å². The molecule has 1 aromatic carbocycles. The van der Waals surface area contributed by atoms with Gasteiger partial charge in [0.1, 0.15) is 5.82 Å². The van der Waals surface area contributed by atoms with Crippen molar-refractivity contribution in [1.29, 1.82) is 0 Å². The number of aryl methyl sites for hydroxylation is 2. The van der Waals surface area contributed by atoms with E-state index in [0.29, 0.717) is 5.92 Å². The summed E-state index contributed by atoms with van der Waals surface area (Å²) in [4.78, 5) is 0. The van der Waals surface area contributed by atoms with E-state index in [0.717, 1.165) is 42.4 Å². The molecule has 2 N–H and O–H groups in total. The molecule has 1 nitrogen and oxygen atoms in total. The highest BCUT2D eigenvalue weighted by Gasteiger charge is 2.40. The third kappa shape index (κ3) is 2.18. The molecule has 0 heterocycles. The molecule has 0 aromatic heterocycles. The molecule has 0 aliphatic heterocycles. The maximum atomic E-state index is 14.4. The van der Waals surface area contributed by atoms with E-state index in [1.54, 1.807) is 6.07 Å². The molecule has 1 fully saturated rings. The predicted octanol–water partition coefficient (Wildman–Crippen LogP) is 4.20. The van der Waals surface area contributed by atoms with Crippen LogP contribution in [0.4, 0.5) is 4.39 Å². The first-order valence-electron chi connectivity index (χ1n) is 7.05. The minimum Gasteiger partial charge on any atom is -0.321 e. The van der Waals surface area contributed by atoms with Gasteiger partial charge in [-0.2, -0.15) is 0 Å². The molecule has 1 aliphatic carbocycles. The molecule has 0 saturated heterocycles. The standard InChI is InChI=1S/C16H24FN/c1-4-13-7-5-6-8-16(13,18)15-12(3)9-11(2)10-14(15)17/h9-10,13H,4-8,18H2,1-3H3. The van der Waals surface area contributed by atoms with Gasteiger partial charge in [0.2, 0.25) is 0 Å². The van der Waals surface area contributed by atoms with Crippen molar-refractivity contribution in [2.24, 2.45) is 11.7 Å². The van der Waals surface area contributed by atoms with Crippen LogP contribution in [0.3, 0.4) is 0 Å². The van der Waals surface area contributed by atoms with Crippen LogP contribution in [0.1, 0.15) is 55.7 Å². The molecule has 2 heteroatoms. The zero-order valence-electron chi connectivity index (χ0n) is 11.7. The van der Waals surface area contributed by atoms with Crippen LogP contribution in [-0.4, -0.2) is 0 Å². The van der Waals surface area contributed by atoms with Gasteiger partial charge in [0.15, 0.2) is 0 Å². The normalized spacial score (nSPS) is 28.4. The topological polar surface area (TPSA) is 26.0 Å². The third-order valence-electron chi connectivity index (χ3n) is 4.51. The zero-order valence-corrected chi connectivity index (χ0v) is 11.7. The summed E-state index contributed by atoms with van der Waals surface area (Å²) in [7, 11) is 0. The van der Waals surface area contributed by atoms with Crippen molar-refractivity contribution in [1.82, 2.24) is 0 Å². The van der Waals surface area contributed by atoms with Crippen LogP contribution in [0.5, 0.6) is 0 Å². The average Bonchev–Trinajstić information content (AvgIpc) is 2.27. The summed E-state index contributed by atoms with van der Waals surface area (Å²) in [6, 6.07) is 3.67. The number of nitrogens with two attached hydrogens (primary N) is 1. The maximum absolute atomic E-state index is 14.4. The first kappa shape index (κ1) is 13.5. The quantitative estimate of drug-likeness (QED) is 0.835. The van der Waals surface area contributed by atoms with E-state index < -0.39 is 5.54 Å². The predicted molar refractivity (Wildman–Crippen MR) is 74.0 cm³/mol. The summed E-state index contributed by atoms with van der Waals surface area (Å²) in [6.45, 7) is 6.08. The van der Waals surface area contributed by atoms with Crippen LogP contribution in [0.15, 0.2) is 12.1 Å². The number of hydrogen-bond donors (Lipinski definition) is 1. The summed E-state index contributed by atoms with van der Waals surface area (Å²) in [6.07, 6.45) is 5.40. The van der Waals surface area contributed by atoms with Crippen LogP contribution in [-0.2, 0) is 5.54 Å². The largest absolute Gasteiger partial charge is 0.321 e. The van der Waals surface area contributed by atoms with Gasteiger partial charge in [-0.15, -0.1) is 0 Å². The highest BCUT2D eigenvalue weighted by atomic mass is 19.1. The lowest BCUT2D eigenvalue weighted by atomic mass is 9.67. The molecule has 0 bridgehead atoms. The number of halogens is 1. The van der Waals surface area contributed by atoms with E-state index in [9.17, 15) is 4.39 Å². The molecule has 18 heavy (non-hydrogen) atoms. The van der Waals surface area contributed by atoms with Gasteiger partial charge in [0, 0.05) is 11.1 Å². The summed E-state index contributed by atoms with van der Waals surface area (Å²) in [5.41, 5.74) is 8.93. The van der Waals surface area contributed by atoms with Gasteiger partial charge in [0.05, 0.1) is 0 Å². The first-order valence-corrected chi connectivity index (χ1v) is 7.05. The Morgan fingerprint density at radius 3 is 2.67 bits per heavy atom.